The molecule has 2 rings (SSSR count). The molecule has 1 heterocycles. The van der Waals surface area contributed by atoms with Crippen molar-refractivity contribution in [3.8, 4) is 11.5 Å². The number of hydrogen-bond donors (Lipinski definition) is 1. The van der Waals surface area contributed by atoms with Crippen LogP contribution in [-0.2, 0) is 17.8 Å². The summed E-state index contributed by atoms with van der Waals surface area (Å²) < 4.78 is 16.1. The smallest absolute Gasteiger partial charge is 0.231 e. The predicted octanol–water partition coefficient (Wildman–Crippen LogP) is 1.88. The highest BCUT2D eigenvalue weighted by atomic mass is 16.7. The predicted molar refractivity (Wildman–Crippen MR) is 63.3 cm³/mol. The SMILES string of the molecule is CCCc1cc2c(cc1COCCO)OCO2. The van der Waals surface area contributed by atoms with Gasteiger partial charge in [0.25, 0.3) is 0 Å². The molecule has 0 atom stereocenters. The Balaban J connectivity index is 2.15. The van der Waals surface area contributed by atoms with Crippen molar-refractivity contribution < 1.29 is 19.3 Å². The maximum absolute atomic E-state index is 8.70. The summed E-state index contributed by atoms with van der Waals surface area (Å²) in [6.07, 6.45) is 2.07. The van der Waals surface area contributed by atoms with Crippen LogP contribution in [0.5, 0.6) is 11.5 Å². The van der Waals surface area contributed by atoms with Crippen LogP contribution in [-0.4, -0.2) is 25.1 Å². The first-order chi connectivity index (χ1) is 8.35. The zero-order chi connectivity index (χ0) is 12.1. The van der Waals surface area contributed by atoms with E-state index in [1.807, 2.05) is 12.1 Å². The van der Waals surface area contributed by atoms with Gasteiger partial charge in [-0.05, 0) is 29.7 Å². The van der Waals surface area contributed by atoms with Gasteiger partial charge in [0.05, 0.1) is 19.8 Å². The van der Waals surface area contributed by atoms with Crippen molar-refractivity contribution in [2.45, 2.75) is 26.4 Å². The van der Waals surface area contributed by atoms with Crippen LogP contribution in [0.2, 0.25) is 0 Å². The Morgan fingerprint density at radius 3 is 2.59 bits per heavy atom. The molecule has 0 aromatic heterocycles. The lowest BCUT2D eigenvalue weighted by molar-refractivity contribution is 0.0810. The number of aliphatic hydroxyl groups is 1. The van der Waals surface area contributed by atoms with Crippen LogP contribution >= 0.6 is 0 Å². The Morgan fingerprint density at radius 1 is 1.24 bits per heavy atom. The molecule has 0 amide bonds. The van der Waals surface area contributed by atoms with Crippen LogP contribution in [0.4, 0.5) is 0 Å². The van der Waals surface area contributed by atoms with E-state index in [4.69, 9.17) is 19.3 Å². The maximum Gasteiger partial charge on any atom is 0.231 e. The number of rotatable bonds is 6. The van der Waals surface area contributed by atoms with Gasteiger partial charge in [0.1, 0.15) is 0 Å². The average Bonchev–Trinajstić information content (AvgIpc) is 2.77. The van der Waals surface area contributed by atoms with E-state index in [9.17, 15) is 0 Å². The lowest BCUT2D eigenvalue weighted by Crippen LogP contribution is -2.02. The summed E-state index contributed by atoms with van der Waals surface area (Å²) in [6, 6.07) is 4.01. The molecule has 0 radical (unpaired) electrons. The van der Waals surface area contributed by atoms with E-state index in [-0.39, 0.29) is 6.61 Å². The van der Waals surface area contributed by atoms with Crippen molar-refractivity contribution >= 4 is 0 Å². The topological polar surface area (TPSA) is 47.9 Å². The molecule has 1 aromatic carbocycles. The summed E-state index contributed by atoms with van der Waals surface area (Å²) >= 11 is 0. The summed E-state index contributed by atoms with van der Waals surface area (Å²) in [4.78, 5) is 0. The minimum atomic E-state index is 0.0493. The number of hydrogen-bond acceptors (Lipinski definition) is 4. The van der Waals surface area contributed by atoms with E-state index in [0.29, 0.717) is 20.0 Å². The summed E-state index contributed by atoms with van der Waals surface area (Å²) in [7, 11) is 0. The van der Waals surface area contributed by atoms with Crippen molar-refractivity contribution in [1.29, 1.82) is 0 Å². The number of aryl methyl sites for hydroxylation is 1. The minimum Gasteiger partial charge on any atom is -0.454 e. The van der Waals surface area contributed by atoms with Gasteiger partial charge in [-0.25, -0.2) is 0 Å². The second-order valence-corrected chi connectivity index (χ2v) is 4.00. The Bertz CT molecular complexity index is 376. The Morgan fingerprint density at radius 2 is 1.94 bits per heavy atom. The van der Waals surface area contributed by atoms with E-state index >= 15 is 0 Å². The van der Waals surface area contributed by atoms with Gasteiger partial charge in [-0.2, -0.15) is 0 Å². The Labute approximate surface area is 101 Å². The monoisotopic (exact) mass is 238 g/mol. The van der Waals surface area contributed by atoms with E-state index in [1.165, 1.54) is 5.56 Å². The van der Waals surface area contributed by atoms with Crippen molar-refractivity contribution in [3.05, 3.63) is 23.3 Å². The molecule has 17 heavy (non-hydrogen) atoms. The second kappa shape index (κ2) is 5.89. The van der Waals surface area contributed by atoms with Crippen LogP contribution in [0.25, 0.3) is 0 Å². The van der Waals surface area contributed by atoms with Gasteiger partial charge >= 0.3 is 0 Å². The van der Waals surface area contributed by atoms with Gasteiger partial charge < -0.3 is 19.3 Å². The first-order valence-corrected chi connectivity index (χ1v) is 5.95. The molecule has 0 unspecified atom stereocenters. The minimum absolute atomic E-state index is 0.0493. The van der Waals surface area contributed by atoms with E-state index in [1.54, 1.807) is 0 Å². The highest BCUT2D eigenvalue weighted by Crippen LogP contribution is 2.35. The zero-order valence-corrected chi connectivity index (χ0v) is 10.1. The number of fused-ring (bicyclic) bond motifs is 1. The Kier molecular flexibility index (Phi) is 4.23. The quantitative estimate of drug-likeness (QED) is 0.769. The number of benzene rings is 1. The first kappa shape index (κ1) is 12.2. The maximum atomic E-state index is 8.70. The van der Waals surface area contributed by atoms with Crippen LogP contribution < -0.4 is 9.47 Å². The summed E-state index contributed by atoms with van der Waals surface area (Å²) in [5.41, 5.74) is 2.35. The molecule has 0 bridgehead atoms. The highest BCUT2D eigenvalue weighted by Gasteiger charge is 2.16. The second-order valence-electron chi connectivity index (χ2n) is 4.00. The normalized spacial score (nSPS) is 13.1. The molecule has 0 aliphatic carbocycles. The van der Waals surface area contributed by atoms with Crippen molar-refractivity contribution in [2.75, 3.05) is 20.0 Å². The molecule has 0 saturated heterocycles. The van der Waals surface area contributed by atoms with Crippen molar-refractivity contribution in [1.82, 2.24) is 0 Å². The van der Waals surface area contributed by atoms with E-state index in [0.717, 1.165) is 29.9 Å². The molecule has 94 valence electrons. The van der Waals surface area contributed by atoms with Crippen molar-refractivity contribution in [3.63, 3.8) is 0 Å². The van der Waals surface area contributed by atoms with Gasteiger partial charge in [-0.1, -0.05) is 13.3 Å². The third-order valence-electron chi connectivity index (χ3n) is 2.71. The lowest BCUT2D eigenvalue weighted by Gasteiger charge is -2.10. The Hall–Kier alpha value is -1.26. The standard InChI is InChI=1S/C13H18O4/c1-2-3-10-6-12-13(17-9-16-12)7-11(10)8-15-5-4-14/h6-7,14H,2-5,8-9H2,1H3. The molecule has 1 aliphatic rings. The first-order valence-electron chi connectivity index (χ1n) is 5.95. The molecule has 0 spiro atoms. The molecule has 1 aromatic rings. The van der Waals surface area contributed by atoms with E-state index < -0.39 is 0 Å². The lowest BCUT2D eigenvalue weighted by atomic mass is 10.0. The zero-order valence-electron chi connectivity index (χ0n) is 10.1. The fourth-order valence-corrected chi connectivity index (χ4v) is 1.91. The molecule has 0 saturated carbocycles. The number of aliphatic hydroxyl groups excluding tert-OH is 1. The van der Waals surface area contributed by atoms with Gasteiger partial charge in [-0.15, -0.1) is 0 Å². The third-order valence-corrected chi connectivity index (χ3v) is 2.71. The molecule has 4 heteroatoms. The largest absolute Gasteiger partial charge is 0.454 e. The van der Waals surface area contributed by atoms with Gasteiger partial charge in [-0.3, -0.25) is 0 Å². The van der Waals surface area contributed by atoms with Gasteiger partial charge in [0, 0.05) is 0 Å². The number of ether oxygens (including phenoxy) is 3. The fourth-order valence-electron chi connectivity index (χ4n) is 1.91. The third kappa shape index (κ3) is 2.90. The van der Waals surface area contributed by atoms with Crippen LogP contribution in [0.3, 0.4) is 0 Å². The molecular formula is C13H18O4. The molecule has 0 fully saturated rings. The van der Waals surface area contributed by atoms with E-state index in [2.05, 4.69) is 6.92 Å². The summed E-state index contributed by atoms with van der Waals surface area (Å²) in [5, 5.41) is 8.70. The van der Waals surface area contributed by atoms with Gasteiger partial charge in [0.2, 0.25) is 6.79 Å². The molecule has 1 N–H and O–H groups in total. The summed E-state index contributed by atoms with van der Waals surface area (Å²) in [5.74, 6) is 1.60. The molecule has 4 nitrogen and oxygen atoms in total. The van der Waals surface area contributed by atoms with Crippen molar-refractivity contribution in [2.24, 2.45) is 0 Å². The summed E-state index contributed by atoms with van der Waals surface area (Å²) in [6.45, 7) is 3.35. The van der Waals surface area contributed by atoms with Crippen LogP contribution in [0, 0.1) is 0 Å². The van der Waals surface area contributed by atoms with Gasteiger partial charge in [0.15, 0.2) is 11.5 Å². The molecular weight excluding hydrogens is 220 g/mol. The average molecular weight is 238 g/mol. The molecule has 1 aliphatic heterocycles. The fraction of sp³-hybridized carbons (Fsp3) is 0.538. The van der Waals surface area contributed by atoms with Crippen LogP contribution in [0.15, 0.2) is 12.1 Å². The highest BCUT2D eigenvalue weighted by molar-refractivity contribution is 5.48. The van der Waals surface area contributed by atoms with Crippen LogP contribution in [0.1, 0.15) is 24.5 Å².